The average Bonchev–Trinajstić information content (AvgIpc) is 3.29. The third-order valence-electron chi connectivity index (χ3n) is 4.93. The Bertz CT molecular complexity index is 1470. The number of imidazole rings is 1. The van der Waals surface area contributed by atoms with Gasteiger partial charge in [-0.3, -0.25) is 14.9 Å². The van der Waals surface area contributed by atoms with Crippen molar-refractivity contribution in [1.29, 1.82) is 5.26 Å². The van der Waals surface area contributed by atoms with Gasteiger partial charge in [0.25, 0.3) is 11.6 Å². The van der Waals surface area contributed by atoms with Crippen LogP contribution in [0.4, 0.5) is 11.4 Å². The number of nitriles is 1. The Kier molecular flexibility index (Phi) is 7.43. The van der Waals surface area contributed by atoms with Crippen molar-refractivity contribution in [3.8, 4) is 17.6 Å². The van der Waals surface area contributed by atoms with Gasteiger partial charge >= 0.3 is 0 Å². The van der Waals surface area contributed by atoms with E-state index in [2.05, 4.69) is 10.3 Å². The van der Waals surface area contributed by atoms with E-state index in [1.54, 1.807) is 60.4 Å². The van der Waals surface area contributed by atoms with Gasteiger partial charge < -0.3 is 14.6 Å². The van der Waals surface area contributed by atoms with Crippen LogP contribution in [0.25, 0.3) is 6.08 Å². The molecule has 1 heterocycles. The predicted octanol–water partition coefficient (Wildman–Crippen LogP) is 5.82. The first-order valence-corrected chi connectivity index (χ1v) is 11.4. The van der Waals surface area contributed by atoms with Crippen LogP contribution in [0.1, 0.15) is 5.56 Å². The maximum absolute atomic E-state index is 12.7. The van der Waals surface area contributed by atoms with E-state index in [9.17, 15) is 20.2 Å². The number of carbonyl (C=O) groups excluding carboxylic acids is 1. The van der Waals surface area contributed by atoms with Gasteiger partial charge in [-0.1, -0.05) is 24.3 Å². The van der Waals surface area contributed by atoms with E-state index >= 15 is 0 Å². The van der Waals surface area contributed by atoms with Gasteiger partial charge in [0.15, 0.2) is 5.16 Å². The number of nitrogens with one attached hydrogen (secondary N) is 1. The average molecular weight is 498 g/mol. The van der Waals surface area contributed by atoms with E-state index in [1.165, 1.54) is 12.1 Å². The minimum atomic E-state index is -0.636. The van der Waals surface area contributed by atoms with Crippen molar-refractivity contribution < 1.29 is 14.5 Å². The number of hydrogen-bond donors (Lipinski definition) is 1. The number of nitro groups is 1. The van der Waals surface area contributed by atoms with Crippen LogP contribution in [-0.2, 0) is 11.8 Å². The normalized spacial score (nSPS) is 10.9. The van der Waals surface area contributed by atoms with Crippen molar-refractivity contribution in [2.45, 2.75) is 10.1 Å². The van der Waals surface area contributed by atoms with Crippen molar-refractivity contribution >= 4 is 35.1 Å². The van der Waals surface area contributed by atoms with Crippen LogP contribution >= 0.6 is 11.8 Å². The Morgan fingerprint density at radius 1 is 1.14 bits per heavy atom. The molecule has 0 saturated heterocycles. The van der Waals surface area contributed by atoms with Gasteiger partial charge in [0.1, 0.15) is 23.1 Å². The summed E-state index contributed by atoms with van der Waals surface area (Å²) in [5, 5.41) is 24.4. The summed E-state index contributed by atoms with van der Waals surface area (Å²) < 4.78 is 7.48. The first-order chi connectivity index (χ1) is 17.4. The highest BCUT2D eigenvalue weighted by atomic mass is 32.2. The van der Waals surface area contributed by atoms with E-state index < -0.39 is 10.8 Å². The summed E-state index contributed by atoms with van der Waals surface area (Å²) in [7, 11) is 1.79. The minimum Gasteiger partial charge on any atom is -0.457 e. The predicted molar refractivity (Wildman–Crippen MR) is 136 cm³/mol. The molecule has 4 rings (SSSR count). The molecule has 1 aromatic heterocycles. The van der Waals surface area contributed by atoms with E-state index in [-0.39, 0.29) is 11.3 Å². The van der Waals surface area contributed by atoms with Crippen LogP contribution < -0.4 is 10.1 Å². The van der Waals surface area contributed by atoms with Gasteiger partial charge in [-0.05, 0) is 65.9 Å². The van der Waals surface area contributed by atoms with Gasteiger partial charge in [0.2, 0.25) is 0 Å². The second-order valence-corrected chi connectivity index (χ2v) is 8.48. The number of ether oxygens (including phenoxy) is 1. The van der Waals surface area contributed by atoms with Crippen LogP contribution in [0.5, 0.6) is 11.5 Å². The highest BCUT2D eigenvalue weighted by Gasteiger charge is 2.18. The Morgan fingerprint density at radius 3 is 2.50 bits per heavy atom. The third kappa shape index (κ3) is 5.97. The second-order valence-electron chi connectivity index (χ2n) is 7.47. The molecule has 0 saturated carbocycles. The van der Waals surface area contributed by atoms with E-state index in [4.69, 9.17) is 4.74 Å². The van der Waals surface area contributed by atoms with Crippen LogP contribution in [0, 0.1) is 21.4 Å². The minimum absolute atomic E-state index is 0.150. The van der Waals surface area contributed by atoms with Crippen molar-refractivity contribution in [3.63, 3.8) is 0 Å². The Morgan fingerprint density at radius 2 is 1.86 bits per heavy atom. The molecule has 0 aliphatic rings. The monoisotopic (exact) mass is 497 g/mol. The zero-order valence-corrected chi connectivity index (χ0v) is 19.8. The highest BCUT2D eigenvalue weighted by molar-refractivity contribution is 7.99. The number of aryl methyl sites for hydroxylation is 1. The molecule has 178 valence electrons. The van der Waals surface area contributed by atoms with Crippen LogP contribution in [-0.4, -0.2) is 20.4 Å². The van der Waals surface area contributed by atoms with Crippen LogP contribution in [0.15, 0.2) is 101 Å². The summed E-state index contributed by atoms with van der Waals surface area (Å²) in [4.78, 5) is 28.4. The molecule has 0 radical (unpaired) electrons. The zero-order valence-electron chi connectivity index (χ0n) is 19.0. The largest absolute Gasteiger partial charge is 0.457 e. The maximum Gasteiger partial charge on any atom is 0.283 e. The summed E-state index contributed by atoms with van der Waals surface area (Å²) in [5.74, 6) is 0.636. The molecule has 0 fully saturated rings. The van der Waals surface area contributed by atoms with Gasteiger partial charge in [-0.2, -0.15) is 5.26 Å². The van der Waals surface area contributed by atoms with Gasteiger partial charge in [-0.25, -0.2) is 4.98 Å². The molecular formula is C26H19N5O4S. The molecule has 0 aliphatic carbocycles. The number of nitro benzene ring substituents is 1. The molecule has 10 heteroatoms. The lowest BCUT2D eigenvalue weighted by atomic mass is 10.1. The molecule has 36 heavy (non-hydrogen) atoms. The summed E-state index contributed by atoms with van der Waals surface area (Å²) in [6, 6.07) is 22.3. The molecule has 0 bridgehead atoms. The lowest BCUT2D eigenvalue weighted by molar-refractivity contribution is -0.387. The SMILES string of the molecule is Cn1ccnc1Sc1ccc(/C=C(/C#N)C(=O)Nc2ccc(Oc3ccccc3)cc2)cc1[N+](=O)[O-]. The third-order valence-corrected chi connectivity index (χ3v) is 6.07. The van der Waals surface area contributed by atoms with Crippen LogP contribution in [0.2, 0.25) is 0 Å². The Hall–Kier alpha value is -4.88. The molecule has 1 N–H and O–H groups in total. The van der Waals surface area contributed by atoms with Gasteiger partial charge in [-0.15, -0.1) is 0 Å². The number of aromatic nitrogens is 2. The maximum atomic E-state index is 12.7. The summed E-state index contributed by atoms with van der Waals surface area (Å²) in [6.45, 7) is 0. The summed E-state index contributed by atoms with van der Waals surface area (Å²) in [6.07, 6.45) is 4.66. The van der Waals surface area contributed by atoms with Crippen molar-refractivity contribution in [2.75, 3.05) is 5.32 Å². The van der Waals surface area contributed by atoms with Crippen molar-refractivity contribution in [3.05, 3.63) is 106 Å². The number of hydrogen-bond acceptors (Lipinski definition) is 7. The molecular weight excluding hydrogens is 478 g/mol. The number of nitrogens with zero attached hydrogens (tertiary/aromatic N) is 4. The zero-order chi connectivity index (χ0) is 25.5. The van der Waals surface area contributed by atoms with Crippen molar-refractivity contribution in [2.24, 2.45) is 7.05 Å². The summed E-state index contributed by atoms with van der Waals surface area (Å²) >= 11 is 1.15. The number of benzene rings is 3. The number of amides is 1. The molecule has 4 aromatic rings. The number of rotatable bonds is 8. The lowest BCUT2D eigenvalue weighted by Gasteiger charge is -2.08. The molecule has 0 spiro atoms. The van der Waals surface area contributed by atoms with E-state index in [0.29, 0.717) is 32.8 Å². The van der Waals surface area contributed by atoms with Gasteiger partial charge in [0.05, 0.1) is 9.82 Å². The molecule has 0 atom stereocenters. The number of para-hydroxylation sites is 1. The second kappa shape index (κ2) is 11.0. The van der Waals surface area contributed by atoms with E-state index in [0.717, 1.165) is 11.8 Å². The smallest absolute Gasteiger partial charge is 0.283 e. The fraction of sp³-hybridized carbons (Fsp3) is 0.0385. The Labute approximate surface area is 210 Å². The first kappa shape index (κ1) is 24.3. The fourth-order valence-electron chi connectivity index (χ4n) is 3.15. The highest BCUT2D eigenvalue weighted by Crippen LogP contribution is 2.34. The first-order valence-electron chi connectivity index (χ1n) is 10.6. The molecule has 3 aromatic carbocycles. The molecule has 0 aliphatic heterocycles. The lowest BCUT2D eigenvalue weighted by Crippen LogP contribution is -2.13. The quantitative estimate of drug-likeness (QED) is 0.141. The van der Waals surface area contributed by atoms with E-state index in [1.807, 2.05) is 36.4 Å². The van der Waals surface area contributed by atoms with Crippen molar-refractivity contribution in [1.82, 2.24) is 9.55 Å². The molecule has 0 unspecified atom stereocenters. The number of anilines is 1. The number of carbonyl (C=O) groups is 1. The standard InChI is InChI=1S/C26H19N5O4S/c1-30-14-13-28-26(30)36-24-12-7-18(16-23(24)31(33)34)15-19(17-27)25(32)29-20-8-10-22(11-9-20)35-21-5-3-2-4-6-21/h2-16H,1H3,(H,29,32)/b19-15-. The fourth-order valence-corrected chi connectivity index (χ4v) is 4.04. The molecule has 9 nitrogen and oxygen atoms in total. The van der Waals surface area contributed by atoms with Gasteiger partial charge in [0, 0.05) is 31.2 Å². The molecule has 1 amide bonds. The topological polar surface area (TPSA) is 123 Å². The Balaban J connectivity index is 1.49. The van der Waals surface area contributed by atoms with Crippen LogP contribution in [0.3, 0.4) is 0 Å². The summed E-state index contributed by atoms with van der Waals surface area (Å²) in [5.41, 5.74) is 0.473.